The molecule has 9 heteroatoms. The standard InChI is InChI=1S/C25H22BrNO7/c1-31-18-5-2-4-16(10-18)12-27(13-17-8-9-21-22(11-17)34-15-33-21)23(28)14-32-24-19(25(29)30)6-3-7-20(24)26/h2-11H,12-15H2,1H3,(H,29,30). The van der Waals surface area contributed by atoms with Gasteiger partial charge in [0, 0.05) is 13.1 Å². The first-order valence-electron chi connectivity index (χ1n) is 10.4. The molecule has 0 atom stereocenters. The van der Waals surface area contributed by atoms with Crippen LogP contribution in [0.5, 0.6) is 23.0 Å². The lowest BCUT2D eigenvalue weighted by Crippen LogP contribution is -2.34. The van der Waals surface area contributed by atoms with Crippen molar-refractivity contribution < 1.29 is 33.6 Å². The fraction of sp³-hybridized carbons (Fsp3) is 0.200. The predicted octanol–water partition coefficient (Wildman–Crippen LogP) is 4.49. The van der Waals surface area contributed by atoms with Crippen LogP contribution in [-0.2, 0) is 17.9 Å². The molecule has 3 aromatic carbocycles. The maximum Gasteiger partial charge on any atom is 0.339 e. The number of hydrogen-bond donors (Lipinski definition) is 1. The lowest BCUT2D eigenvalue weighted by molar-refractivity contribution is -0.134. The Morgan fingerprint density at radius 2 is 1.74 bits per heavy atom. The minimum absolute atomic E-state index is 0.0303. The SMILES string of the molecule is COc1cccc(CN(Cc2ccc3c(c2)OCO3)C(=O)COc2c(Br)cccc2C(=O)O)c1. The second-order valence-electron chi connectivity index (χ2n) is 7.50. The maximum atomic E-state index is 13.3. The molecule has 176 valence electrons. The van der Waals surface area contributed by atoms with E-state index in [9.17, 15) is 14.7 Å². The summed E-state index contributed by atoms with van der Waals surface area (Å²) in [4.78, 5) is 26.4. The van der Waals surface area contributed by atoms with Crippen molar-refractivity contribution in [3.05, 3.63) is 81.8 Å². The number of methoxy groups -OCH3 is 1. The van der Waals surface area contributed by atoms with E-state index >= 15 is 0 Å². The highest BCUT2D eigenvalue weighted by Crippen LogP contribution is 2.33. The van der Waals surface area contributed by atoms with Gasteiger partial charge in [-0.25, -0.2) is 4.79 Å². The number of ether oxygens (including phenoxy) is 4. The van der Waals surface area contributed by atoms with Crippen molar-refractivity contribution in [2.75, 3.05) is 20.5 Å². The monoisotopic (exact) mass is 527 g/mol. The summed E-state index contributed by atoms with van der Waals surface area (Å²) in [6.07, 6.45) is 0. The summed E-state index contributed by atoms with van der Waals surface area (Å²) in [5, 5.41) is 9.45. The molecule has 0 saturated carbocycles. The average Bonchev–Trinajstić information content (AvgIpc) is 3.30. The zero-order valence-electron chi connectivity index (χ0n) is 18.3. The number of carbonyl (C=O) groups excluding carboxylic acids is 1. The number of para-hydroxylation sites is 1. The predicted molar refractivity (Wildman–Crippen MR) is 126 cm³/mol. The number of halogens is 1. The summed E-state index contributed by atoms with van der Waals surface area (Å²) in [5.74, 6) is 0.621. The molecule has 4 rings (SSSR count). The summed E-state index contributed by atoms with van der Waals surface area (Å²) in [7, 11) is 1.58. The van der Waals surface area contributed by atoms with Crippen molar-refractivity contribution in [2.45, 2.75) is 13.1 Å². The number of carbonyl (C=O) groups is 2. The molecular weight excluding hydrogens is 506 g/mol. The topological polar surface area (TPSA) is 94.5 Å². The van der Waals surface area contributed by atoms with Crippen molar-refractivity contribution in [2.24, 2.45) is 0 Å². The first-order valence-corrected chi connectivity index (χ1v) is 11.2. The van der Waals surface area contributed by atoms with Crippen LogP contribution < -0.4 is 18.9 Å². The largest absolute Gasteiger partial charge is 0.497 e. The lowest BCUT2D eigenvalue weighted by Gasteiger charge is -2.24. The average molecular weight is 528 g/mol. The molecule has 1 amide bonds. The van der Waals surface area contributed by atoms with Gasteiger partial charge in [-0.3, -0.25) is 4.79 Å². The van der Waals surface area contributed by atoms with Gasteiger partial charge in [0.25, 0.3) is 5.91 Å². The molecule has 3 aromatic rings. The Labute approximate surface area is 204 Å². The van der Waals surface area contributed by atoms with E-state index in [1.807, 2.05) is 42.5 Å². The number of nitrogens with zero attached hydrogens (tertiary/aromatic N) is 1. The first kappa shape index (κ1) is 23.4. The van der Waals surface area contributed by atoms with Crippen LogP contribution in [0.15, 0.2) is 65.1 Å². The van der Waals surface area contributed by atoms with E-state index in [0.29, 0.717) is 28.3 Å². The fourth-order valence-electron chi connectivity index (χ4n) is 3.53. The van der Waals surface area contributed by atoms with Crippen LogP contribution in [0, 0.1) is 0 Å². The van der Waals surface area contributed by atoms with Crippen molar-refractivity contribution >= 4 is 27.8 Å². The van der Waals surface area contributed by atoms with E-state index in [4.69, 9.17) is 18.9 Å². The lowest BCUT2D eigenvalue weighted by atomic mass is 10.1. The number of carboxylic acids is 1. The van der Waals surface area contributed by atoms with Gasteiger partial charge in [0.1, 0.15) is 17.1 Å². The normalized spacial score (nSPS) is 11.7. The van der Waals surface area contributed by atoms with Crippen molar-refractivity contribution in [1.82, 2.24) is 4.90 Å². The Balaban J connectivity index is 1.55. The molecular formula is C25H22BrNO7. The number of fused-ring (bicyclic) bond motifs is 1. The summed E-state index contributed by atoms with van der Waals surface area (Å²) in [5.41, 5.74) is 1.70. The van der Waals surface area contributed by atoms with Crippen molar-refractivity contribution in [3.63, 3.8) is 0 Å². The number of carboxylic acid groups (broad SMARTS) is 1. The Morgan fingerprint density at radius 3 is 2.50 bits per heavy atom. The number of benzene rings is 3. The van der Waals surface area contributed by atoms with E-state index in [0.717, 1.165) is 11.1 Å². The highest BCUT2D eigenvalue weighted by molar-refractivity contribution is 9.10. The minimum atomic E-state index is -1.14. The van der Waals surface area contributed by atoms with Gasteiger partial charge < -0.3 is 29.0 Å². The van der Waals surface area contributed by atoms with E-state index in [-0.39, 0.29) is 37.2 Å². The zero-order chi connectivity index (χ0) is 24.1. The van der Waals surface area contributed by atoms with Crippen LogP contribution in [0.4, 0.5) is 0 Å². The third kappa shape index (κ3) is 5.43. The van der Waals surface area contributed by atoms with Crippen LogP contribution in [0.2, 0.25) is 0 Å². The molecule has 1 aliphatic rings. The summed E-state index contributed by atoms with van der Waals surface area (Å²) in [6, 6.07) is 17.6. The summed E-state index contributed by atoms with van der Waals surface area (Å²) in [6.45, 7) is 0.418. The molecule has 0 fully saturated rings. The summed E-state index contributed by atoms with van der Waals surface area (Å²) < 4.78 is 22.3. The van der Waals surface area contributed by atoms with Crippen molar-refractivity contribution in [3.8, 4) is 23.0 Å². The van der Waals surface area contributed by atoms with E-state index in [1.54, 1.807) is 24.1 Å². The Morgan fingerprint density at radius 1 is 1.00 bits per heavy atom. The van der Waals surface area contributed by atoms with Crippen LogP contribution in [0.25, 0.3) is 0 Å². The third-order valence-corrected chi connectivity index (χ3v) is 5.83. The molecule has 0 unspecified atom stereocenters. The Kier molecular flexibility index (Phi) is 7.22. The smallest absolute Gasteiger partial charge is 0.339 e. The van der Waals surface area contributed by atoms with Crippen LogP contribution in [0.3, 0.4) is 0 Å². The second-order valence-corrected chi connectivity index (χ2v) is 8.35. The quantitative estimate of drug-likeness (QED) is 0.437. The number of rotatable bonds is 9. The van der Waals surface area contributed by atoms with Gasteiger partial charge in [-0.2, -0.15) is 0 Å². The molecule has 0 saturated heterocycles. The zero-order valence-corrected chi connectivity index (χ0v) is 19.9. The van der Waals surface area contributed by atoms with Crippen molar-refractivity contribution in [1.29, 1.82) is 0 Å². The van der Waals surface area contributed by atoms with E-state index < -0.39 is 5.97 Å². The van der Waals surface area contributed by atoms with E-state index in [1.165, 1.54) is 6.07 Å². The van der Waals surface area contributed by atoms with Gasteiger partial charge in [0.05, 0.1) is 11.6 Å². The molecule has 0 aliphatic carbocycles. The highest BCUT2D eigenvalue weighted by Gasteiger charge is 2.21. The molecule has 1 aliphatic heterocycles. The van der Waals surface area contributed by atoms with Gasteiger partial charge in [0.15, 0.2) is 18.1 Å². The van der Waals surface area contributed by atoms with Crippen LogP contribution in [-0.4, -0.2) is 42.4 Å². The van der Waals surface area contributed by atoms with Crippen LogP contribution in [0.1, 0.15) is 21.5 Å². The second kappa shape index (κ2) is 10.5. The van der Waals surface area contributed by atoms with E-state index in [2.05, 4.69) is 15.9 Å². The molecule has 1 N–H and O–H groups in total. The first-order chi connectivity index (χ1) is 16.4. The fourth-order valence-corrected chi connectivity index (χ4v) is 4.01. The number of hydrogen-bond acceptors (Lipinski definition) is 6. The van der Waals surface area contributed by atoms with Gasteiger partial charge in [-0.05, 0) is 63.5 Å². The molecule has 0 aromatic heterocycles. The molecule has 34 heavy (non-hydrogen) atoms. The molecule has 8 nitrogen and oxygen atoms in total. The number of aromatic carboxylic acids is 1. The number of amides is 1. The van der Waals surface area contributed by atoms with Gasteiger partial charge in [-0.15, -0.1) is 0 Å². The molecule has 0 bridgehead atoms. The maximum absolute atomic E-state index is 13.3. The molecule has 0 radical (unpaired) electrons. The van der Waals surface area contributed by atoms with Gasteiger partial charge in [-0.1, -0.05) is 24.3 Å². The minimum Gasteiger partial charge on any atom is -0.497 e. The molecule has 0 spiro atoms. The third-order valence-electron chi connectivity index (χ3n) is 5.21. The summed E-state index contributed by atoms with van der Waals surface area (Å²) >= 11 is 3.30. The Hall–Kier alpha value is -3.72. The Bertz CT molecular complexity index is 1210. The molecule has 1 heterocycles. The van der Waals surface area contributed by atoms with Gasteiger partial charge >= 0.3 is 5.97 Å². The highest BCUT2D eigenvalue weighted by atomic mass is 79.9. The van der Waals surface area contributed by atoms with Crippen LogP contribution >= 0.6 is 15.9 Å². The van der Waals surface area contributed by atoms with Gasteiger partial charge in [0.2, 0.25) is 6.79 Å².